The van der Waals surface area contributed by atoms with Gasteiger partial charge in [-0.25, -0.2) is 0 Å². The van der Waals surface area contributed by atoms with Gasteiger partial charge >= 0.3 is 0 Å². The molecule has 0 aliphatic heterocycles. The van der Waals surface area contributed by atoms with E-state index in [1.807, 2.05) is 46.9 Å². The summed E-state index contributed by atoms with van der Waals surface area (Å²) in [5.74, 6) is -0.0602. The highest BCUT2D eigenvalue weighted by Gasteiger charge is 2.45. The molecule has 2 aromatic rings. The Morgan fingerprint density at radius 2 is 2.00 bits per heavy atom. The summed E-state index contributed by atoms with van der Waals surface area (Å²) >= 11 is 8.05. The highest BCUT2D eigenvalue weighted by Crippen LogP contribution is 2.46. The first-order valence-electron chi connectivity index (χ1n) is 6.57. The number of phenols is 1. The molecule has 3 nitrogen and oxygen atoms in total. The summed E-state index contributed by atoms with van der Waals surface area (Å²) in [6, 6.07) is 12.5. The summed E-state index contributed by atoms with van der Waals surface area (Å²) in [4.78, 5) is 12.4. The predicted octanol–water partition coefficient (Wildman–Crippen LogP) is 4.07. The van der Waals surface area contributed by atoms with Gasteiger partial charge < -0.3 is 10.4 Å². The molecule has 0 aromatic heterocycles. The Bertz CT molecular complexity index is 713. The SMILES string of the molecule is O=C(NC1(c2cccc(Cl)c2)CC1)c1ccc(I)c(O)c1. The molecule has 0 bridgehead atoms. The third kappa shape index (κ3) is 3.01. The lowest BCUT2D eigenvalue weighted by atomic mass is 10.0. The van der Waals surface area contributed by atoms with E-state index in [2.05, 4.69) is 5.32 Å². The van der Waals surface area contributed by atoms with Crippen molar-refractivity contribution in [3.63, 3.8) is 0 Å². The predicted molar refractivity (Wildman–Crippen MR) is 90.7 cm³/mol. The number of phenolic OH excluding ortho intramolecular Hbond substituents is 1. The molecule has 0 saturated heterocycles. The number of hydrogen-bond donors (Lipinski definition) is 2. The Balaban J connectivity index is 1.82. The number of halogens is 2. The van der Waals surface area contributed by atoms with Crippen LogP contribution in [0.15, 0.2) is 42.5 Å². The van der Waals surface area contributed by atoms with Crippen molar-refractivity contribution in [1.82, 2.24) is 5.32 Å². The number of aromatic hydroxyl groups is 1. The van der Waals surface area contributed by atoms with Crippen molar-refractivity contribution in [3.05, 3.63) is 62.2 Å². The van der Waals surface area contributed by atoms with Crippen molar-refractivity contribution in [2.75, 3.05) is 0 Å². The van der Waals surface area contributed by atoms with Gasteiger partial charge in [-0.05, 0) is 71.3 Å². The topological polar surface area (TPSA) is 49.3 Å². The highest BCUT2D eigenvalue weighted by molar-refractivity contribution is 14.1. The zero-order chi connectivity index (χ0) is 15.0. The number of hydrogen-bond acceptors (Lipinski definition) is 2. The van der Waals surface area contributed by atoms with Crippen molar-refractivity contribution in [2.24, 2.45) is 0 Å². The average molecular weight is 414 g/mol. The standard InChI is InChI=1S/C16H13ClINO2/c17-12-3-1-2-11(9-12)16(6-7-16)19-15(21)10-4-5-13(18)14(20)8-10/h1-5,8-9,20H,6-7H2,(H,19,21). The lowest BCUT2D eigenvalue weighted by Crippen LogP contribution is -2.34. The lowest BCUT2D eigenvalue weighted by molar-refractivity contribution is 0.0930. The average Bonchev–Trinajstić information content (AvgIpc) is 3.23. The monoisotopic (exact) mass is 413 g/mol. The number of nitrogens with one attached hydrogen (secondary N) is 1. The van der Waals surface area contributed by atoms with E-state index in [1.54, 1.807) is 12.1 Å². The maximum absolute atomic E-state index is 12.4. The van der Waals surface area contributed by atoms with Crippen LogP contribution in [0, 0.1) is 3.57 Å². The fraction of sp³-hybridized carbons (Fsp3) is 0.188. The first-order chi connectivity index (χ1) is 10.00. The van der Waals surface area contributed by atoms with Crippen LogP contribution in [0.3, 0.4) is 0 Å². The van der Waals surface area contributed by atoms with Crippen LogP contribution in [0.5, 0.6) is 5.75 Å². The molecule has 1 aliphatic carbocycles. The molecule has 0 atom stereocenters. The number of carbonyl (C=O) groups is 1. The van der Waals surface area contributed by atoms with Crippen molar-refractivity contribution >= 4 is 40.1 Å². The summed E-state index contributed by atoms with van der Waals surface area (Å²) < 4.78 is 0.722. The van der Waals surface area contributed by atoms with Crippen LogP contribution in [0.2, 0.25) is 5.02 Å². The van der Waals surface area contributed by atoms with Gasteiger partial charge in [0.25, 0.3) is 5.91 Å². The number of amides is 1. The molecule has 21 heavy (non-hydrogen) atoms. The second kappa shape index (κ2) is 5.50. The van der Waals surface area contributed by atoms with Crippen LogP contribution in [0.25, 0.3) is 0 Å². The minimum Gasteiger partial charge on any atom is -0.507 e. The van der Waals surface area contributed by atoms with Crippen LogP contribution in [0.4, 0.5) is 0 Å². The van der Waals surface area contributed by atoms with Crippen LogP contribution in [0.1, 0.15) is 28.8 Å². The molecule has 2 N–H and O–H groups in total. The molecule has 0 unspecified atom stereocenters. The number of rotatable bonds is 3. The van der Waals surface area contributed by atoms with Gasteiger partial charge in [0.15, 0.2) is 0 Å². The van der Waals surface area contributed by atoms with E-state index in [1.165, 1.54) is 6.07 Å². The maximum atomic E-state index is 12.4. The van der Waals surface area contributed by atoms with Crippen molar-refractivity contribution in [1.29, 1.82) is 0 Å². The molecule has 2 aromatic carbocycles. The maximum Gasteiger partial charge on any atom is 0.252 e. The van der Waals surface area contributed by atoms with E-state index in [0.29, 0.717) is 10.6 Å². The molecule has 1 fully saturated rings. The van der Waals surface area contributed by atoms with E-state index in [-0.39, 0.29) is 17.2 Å². The normalized spacial score (nSPS) is 15.5. The first kappa shape index (κ1) is 14.7. The molecular formula is C16H13ClINO2. The van der Waals surface area contributed by atoms with Crippen molar-refractivity contribution in [3.8, 4) is 5.75 Å². The zero-order valence-electron chi connectivity index (χ0n) is 11.1. The van der Waals surface area contributed by atoms with E-state index >= 15 is 0 Å². The van der Waals surface area contributed by atoms with Gasteiger partial charge in [-0.1, -0.05) is 23.7 Å². The van der Waals surface area contributed by atoms with Gasteiger partial charge in [0.2, 0.25) is 0 Å². The zero-order valence-corrected chi connectivity index (χ0v) is 14.0. The van der Waals surface area contributed by atoms with Crippen LogP contribution < -0.4 is 5.32 Å². The van der Waals surface area contributed by atoms with Crippen LogP contribution in [-0.4, -0.2) is 11.0 Å². The molecule has 1 saturated carbocycles. The Hall–Kier alpha value is -1.27. The van der Waals surface area contributed by atoms with E-state index in [9.17, 15) is 9.90 Å². The second-order valence-electron chi connectivity index (χ2n) is 5.21. The summed E-state index contributed by atoms with van der Waals surface area (Å²) in [5, 5.41) is 13.4. The Kier molecular flexibility index (Phi) is 3.84. The summed E-state index contributed by atoms with van der Waals surface area (Å²) in [6.45, 7) is 0. The smallest absolute Gasteiger partial charge is 0.252 e. The minimum atomic E-state index is -0.319. The summed E-state index contributed by atoms with van der Waals surface area (Å²) in [6.07, 6.45) is 1.80. The fourth-order valence-corrected chi connectivity index (χ4v) is 2.87. The third-order valence-electron chi connectivity index (χ3n) is 3.69. The minimum absolute atomic E-state index is 0.121. The summed E-state index contributed by atoms with van der Waals surface area (Å²) in [7, 11) is 0. The Morgan fingerprint density at radius 3 is 2.62 bits per heavy atom. The molecule has 108 valence electrons. The van der Waals surface area contributed by atoms with Crippen molar-refractivity contribution < 1.29 is 9.90 Å². The van der Waals surface area contributed by atoms with E-state index in [4.69, 9.17) is 11.6 Å². The van der Waals surface area contributed by atoms with Crippen LogP contribution >= 0.6 is 34.2 Å². The Labute approximate surface area is 141 Å². The molecule has 0 heterocycles. The van der Waals surface area contributed by atoms with Crippen LogP contribution in [-0.2, 0) is 5.54 Å². The summed E-state index contributed by atoms with van der Waals surface area (Å²) in [5.41, 5.74) is 1.17. The third-order valence-corrected chi connectivity index (χ3v) is 4.84. The van der Waals surface area contributed by atoms with Gasteiger partial charge in [-0.15, -0.1) is 0 Å². The molecule has 5 heteroatoms. The molecule has 3 rings (SSSR count). The number of benzene rings is 2. The van der Waals surface area contributed by atoms with Gasteiger partial charge in [0.05, 0.1) is 9.11 Å². The number of carbonyl (C=O) groups excluding carboxylic acids is 1. The molecular weight excluding hydrogens is 401 g/mol. The molecule has 0 spiro atoms. The molecule has 1 aliphatic rings. The van der Waals surface area contributed by atoms with E-state index < -0.39 is 0 Å². The van der Waals surface area contributed by atoms with Crippen molar-refractivity contribution in [2.45, 2.75) is 18.4 Å². The largest absolute Gasteiger partial charge is 0.507 e. The van der Waals surface area contributed by atoms with E-state index in [0.717, 1.165) is 22.0 Å². The lowest BCUT2D eigenvalue weighted by Gasteiger charge is -2.18. The molecule has 1 amide bonds. The molecule has 0 radical (unpaired) electrons. The van der Waals surface area contributed by atoms with Gasteiger partial charge in [0.1, 0.15) is 5.75 Å². The van der Waals surface area contributed by atoms with Gasteiger partial charge in [-0.3, -0.25) is 4.79 Å². The fourth-order valence-electron chi connectivity index (χ4n) is 2.34. The van der Waals surface area contributed by atoms with Gasteiger partial charge in [0, 0.05) is 10.6 Å². The first-order valence-corrected chi connectivity index (χ1v) is 8.03. The second-order valence-corrected chi connectivity index (χ2v) is 6.81. The quantitative estimate of drug-likeness (QED) is 0.745. The highest BCUT2D eigenvalue weighted by atomic mass is 127. The van der Waals surface area contributed by atoms with Gasteiger partial charge in [-0.2, -0.15) is 0 Å². The Morgan fingerprint density at radius 1 is 1.24 bits per heavy atom.